The lowest BCUT2D eigenvalue weighted by atomic mass is 9.79. The van der Waals surface area contributed by atoms with E-state index < -0.39 is 49.7 Å². The van der Waals surface area contributed by atoms with E-state index in [0.29, 0.717) is 19.3 Å². The smallest absolute Gasteiger partial charge is 0.265 e. The van der Waals surface area contributed by atoms with Crippen molar-refractivity contribution in [2.45, 2.75) is 32.0 Å². The molecule has 1 saturated carbocycles. The largest absolute Gasteiger partial charge is 0.373 e. The molecule has 0 amide bonds. The summed E-state index contributed by atoms with van der Waals surface area (Å²) in [6, 6.07) is 9.33. The monoisotopic (exact) mass is 378 g/mol. The fraction of sp³-hybridized carbons (Fsp3) is 0.600. The fourth-order valence-electron chi connectivity index (χ4n) is 3.26. The van der Waals surface area contributed by atoms with Crippen molar-refractivity contribution >= 4 is 20.2 Å². The van der Waals surface area contributed by atoms with E-state index in [1.165, 1.54) is 0 Å². The van der Waals surface area contributed by atoms with E-state index in [-0.39, 0.29) is 6.61 Å². The minimum absolute atomic E-state index is 0.270. The van der Waals surface area contributed by atoms with Crippen LogP contribution in [0, 0.1) is 11.8 Å². The van der Waals surface area contributed by atoms with Crippen molar-refractivity contribution in [3.63, 3.8) is 0 Å². The Labute approximate surface area is 142 Å². The predicted octanol–water partition coefficient (Wildman–Crippen LogP) is 1.76. The molecular formula is C15H22O7S2. The topological polar surface area (TPSA) is 118 Å². The molecule has 0 radical (unpaired) electrons. The zero-order valence-corrected chi connectivity index (χ0v) is 14.7. The number of hydrogen-bond donors (Lipinski definition) is 2. The molecule has 0 aromatic heterocycles. The van der Waals surface area contributed by atoms with E-state index in [1.54, 1.807) is 0 Å². The van der Waals surface area contributed by atoms with Gasteiger partial charge < -0.3 is 4.74 Å². The van der Waals surface area contributed by atoms with E-state index in [2.05, 4.69) is 0 Å². The summed E-state index contributed by atoms with van der Waals surface area (Å²) in [4.78, 5) is 0. The molecule has 136 valence electrons. The first-order chi connectivity index (χ1) is 11.1. The van der Waals surface area contributed by atoms with Gasteiger partial charge in [-0.15, -0.1) is 0 Å². The van der Waals surface area contributed by atoms with E-state index in [4.69, 9.17) is 9.29 Å². The molecule has 2 N–H and O–H groups in total. The summed E-state index contributed by atoms with van der Waals surface area (Å²) in [5.41, 5.74) is 0.917. The van der Waals surface area contributed by atoms with Gasteiger partial charge in [-0.2, -0.15) is 16.8 Å². The minimum Gasteiger partial charge on any atom is -0.373 e. The van der Waals surface area contributed by atoms with Crippen LogP contribution < -0.4 is 0 Å². The standard InChI is InChI=1S/C15H22O7S2/c16-23(17,18)10-13-7-4-8-15(14(13)11-24(19,20)21)22-9-12-5-2-1-3-6-12/h1-3,5-6,13-15H,4,7-11H2,(H,16,17,18)(H,19,20,21). The highest BCUT2D eigenvalue weighted by Gasteiger charge is 2.38. The molecule has 1 aromatic rings. The van der Waals surface area contributed by atoms with Crippen molar-refractivity contribution in [3.05, 3.63) is 35.9 Å². The summed E-state index contributed by atoms with van der Waals surface area (Å²) < 4.78 is 69.1. The van der Waals surface area contributed by atoms with Gasteiger partial charge in [-0.05, 0) is 24.3 Å². The summed E-state index contributed by atoms with van der Waals surface area (Å²) in [5, 5.41) is 0. The Morgan fingerprint density at radius 1 is 0.958 bits per heavy atom. The molecule has 1 aromatic carbocycles. The van der Waals surface area contributed by atoms with Crippen LogP contribution in [0.1, 0.15) is 24.8 Å². The third kappa shape index (κ3) is 6.48. The van der Waals surface area contributed by atoms with Crippen LogP contribution in [0.15, 0.2) is 30.3 Å². The molecule has 0 saturated heterocycles. The van der Waals surface area contributed by atoms with E-state index >= 15 is 0 Å². The molecule has 0 spiro atoms. The Hall–Kier alpha value is -1.00. The maximum atomic E-state index is 11.3. The molecule has 3 unspecified atom stereocenters. The summed E-state index contributed by atoms with van der Waals surface area (Å²) in [5.74, 6) is -2.36. The van der Waals surface area contributed by atoms with Gasteiger partial charge in [0.2, 0.25) is 0 Å². The third-order valence-electron chi connectivity index (χ3n) is 4.28. The summed E-state index contributed by atoms with van der Waals surface area (Å²) in [6.07, 6.45) is 1.22. The lowest BCUT2D eigenvalue weighted by Crippen LogP contribution is -2.41. The Balaban J connectivity index is 2.13. The van der Waals surface area contributed by atoms with E-state index in [9.17, 15) is 21.4 Å². The van der Waals surface area contributed by atoms with Crippen molar-refractivity contribution in [3.8, 4) is 0 Å². The number of rotatable bonds is 7. The van der Waals surface area contributed by atoms with Crippen molar-refractivity contribution in [2.24, 2.45) is 11.8 Å². The lowest BCUT2D eigenvalue weighted by molar-refractivity contribution is -0.0317. The number of ether oxygens (including phenoxy) is 1. The van der Waals surface area contributed by atoms with Gasteiger partial charge in [0.1, 0.15) is 0 Å². The van der Waals surface area contributed by atoms with Crippen LogP contribution in [-0.2, 0) is 31.6 Å². The van der Waals surface area contributed by atoms with Crippen LogP contribution in [0.5, 0.6) is 0 Å². The SMILES string of the molecule is O=S(=O)(O)CC1CCCC(OCc2ccccc2)C1CS(=O)(=O)O. The highest BCUT2D eigenvalue weighted by molar-refractivity contribution is 7.86. The van der Waals surface area contributed by atoms with Crippen LogP contribution in [0.3, 0.4) is 0 Å². The first-order valence-electron chi connectivity index (χ1n) is 7.70. The quantitative estimate of drug-likeness (QED) is 0.694. The average molecular weight is 378 g/mol. The normalized spacial score (nSPS) is 25.5. The highest BCUT2D eigenvalue weighted by atomic mass is 32.2. The lowest BCUT2D eigenvalue weighted by Gasteiger charge is -2.37. The van der Waals surface area contributed by atoms with Gasteiger partial charge >= 0.3 is 0 Å². The van der Waals surface area contributed by atoms with Gasteiger partial charge in [0.15, 0.2) is 0 Å². The van der Waals surface area contributed by atoms with Crippen molar-refractivity contribution in [2.75, 3.05) is 11.5 Å². The zero-order valence-electron chi connectivity index (χ0n) is 13.1. The fourth-order valence-corrected chi connectivity index (χ4v) is 5.19. The Morgan fingerprint density at radius 2 is 1.58 bits per heavy atom. The molecular weight excluding hydrogens is 356 g/mol. The van der Waals surface area contributed by atoms with Gasteiger partial charge in [-0.25, -0.2) is 0 Å². The second kappa shape index (κ2) is 7.92. The predicted molar refractivity (Wildman–Crippen MR) is 88.7 cm³/mol. The molecule has 9 heteroatoms. The van der Waals surface area contributed by atoms with Crippen LogP contribution in [0.4, 0.5) is 0 Å². The molecule has 3 atom stereocenters. The van der Waals surface area contributed by atoms with Gasteiger partial charge in [-0.1, -0.05) is 36.8 Å². The zero-order chi connectivity index (χ0) is 17.8. The van der Waals surface area contributed by atoms with Crippen LogP contribution in [-0.4, -0.2) is 43.6 Å². The van der Waals surface area contributed by atoms with Crippen molar-refractivity contribution in [1.29, 1.82) is 0 Å². The van der Waals surface area contributed by atoms with Gasteiger partial charge in [0, 0.05) is 5.92 Å². The molecule has 1 aliphatic carbocycles. The second-order valence-electron chi connectivity index (χ2n) is 6.19. The minimum atomic E-state index is -4.28. The molecule has 1 aliphatic rings. The van der Waals surface area contributed by atoms with Crippen LogP contribution in [0.25, 0.3) is 0 Å². The van der Waals surface area contributed by atoms with Crippen molar-refractivity contribution in [1.82, 2.24) is 0 Å². The molecule has 7 nitrogen and oxygen atoms in total. The number of benzene rings is 1. The Bertz CT molecular complexity index is 728. The van der Waals surface area contributed by atoms with Gasteiger partial charge in [-0.3, -0.25) is 9.11 Å². The maximum absolute atomic E-state index is 11.3. The molecule has 0 bridgehead atoms. The maximum Gasteiger partial charge on any atom is 0.265 e. The summed E-state index contributed by atoms with van der Waals surface area (Å²) in [7, 11) is -8.52. The Kier molecular flexibility index (Phi) is 6.38. The Morgan fingerprint density at radius 3 is 2.17 bits per heavy atom. The molecule has 24 heavy (non-hydrogen) atoms. The average Bonchev–Trinajstić information content (AvgIpc) is 2.46. The van der Waals surface area contributed by atoms with Crippen molar-refractivity contribution < 1.29 is 30.7 Å². The third-order valence-corrected chi connectivity index (χ3v) is 5.94. The molecule has 2 rings (SSSR count). The van der Waals surface area contributed by atoms with Crippen LogP contribution in [0.2, 0.25) is 0 Å². The summed E-state index contributed by atoms with van der Waals surface area (Å²) >= 11 is 0. The molecule has 0 heterocycles. The van der Waals surface area contributed by atoms with Gasteiger partial charge in [0.25, 0.3) is 20.2 Å². The van der Waals surface area contributed by atoms with E-state index in [0.717, 1.165) is 5.56 Å². The van der Waals surface area contributed by atoms with Crippen LogP contribution >= 0.6 is 0 Å². The highest BCUT2D eigenvalue weighted by Crippen LogP contribution is 2.34. The second-order valence-corrected chi connectivity index (χ2v) is 9.18. The first kappa shape index (κ1) is 19.3. The number of hydrogen-bond acceptors (Lipinski definition) is 5. The summed E-state index contributed by atoms with van der Waals surface area (Å²) in [6.45, 7) is 0.270. The first-order valence-corrected chi connectivity index (χ1v) is 10.9. The molecule has 1 fully saturated rings. The van der Waals surface area contributed by atoms with E-state index in [1.807, 2.05) is 30.3 Å². The molecule has 0 aliphatic heterocycles. The van der Waals surface area contributed by atoms with Gasteiger partial charge in [0.05, 0.1) is 24.2 Å².